The van der Waals surface area contributed by atoms with E-state index in [9.17, 15) is 0 Å². The fourth-order valence-corrected chi connectivity index (χ4v) is 0.567. The van der Waals surface area contributed by atoms with E-state index in [1.54, 1.807) is 0 Å². The SMILES string of the molecule is [2H][C@@H](Br)CCC. The number of hydrogen-bond donors (Lipinski definition) is 0. The molecule has 0 amide bonds. The van der Waals surface area contributed by atoms with Crippen molar-refractivity contribution in [3.8, 4) is 0 Å². The third-order valence-electron chi connectivity index (χ3n) is 0.398. The highest BCUT2D eigenvalue weighted by Gasteiger charge is 1.69. The molecule has 0 heterocycles. The van der Waals surface area contributed by atoms with Crippen LogP contribution in [-0.4, -0.2) is 5.31 Å². The molecule has 0 rings (SSSR count). The van der Waals surface area contributed by atoms with Gasteiger partial charge in [0.15, 0.2) is 0 Å². The van der Waals surface area contributed by atoms with Gasteiger partial charge in [0.1, 0.15) is 0 Å². The third kappa shape index (κ3) is 4.48. The van der Waals surface area contributed by atoms with Crippen molar-refractivity contribution in [2.75, 3.05) is 5.31 Å². The average molecular weight is 138 g/mol. The summed E-state index contributed by atoms with van der Waals surface area (Å²) in [7, 11) is 0. The monoisotopic (exact) mass is 137 g/mol. The zero-order chi connectivity index (χ0) is 4.99. The lowest BCUT2D eigenvalue weighted by Crippen LogP contribution is -1.64. The second-order valence-corrected chi connectivity index (χ2v) is 1.59. The molecule has 0 saturated carbocycles. The van der Waals surface area contributed by atoms with Crippen molar-refractivity contribution < 1.29 is 1.37 Å². The Morgan fingerprint density at radius 2 is 2.60 bits per heavy atom. The van der Waals surface area contributed by atoms with Gasteiger partial charge in [-0.05, 0) is 6.42 Å². The molecular weight excluding hydrogens is 128 g/mol. The van der Waals surface area contributed by atoms with E-state index < -0.39 is 0 Å². The first-order valence-electron chi connectivity index (χ1n) is 2.41. The highest BCUT2D eigenvalue weighted by atomic mass is 79.9. The van der Waals surface area contributed by atoms with Gasteiger partial charge in [0.2, 0.25) is 0 Å². The van der Waals surface area contributed by atoms with Crippen LogP contribution in [0.15, 0.2) is 0 Å². The highest BCUT2D eigenvalue weighted by Crippen LogP contribution is 1.89. The molecule has 0 fully saturated rings. The molecule has 5 heavy (non-hydrogen) atoms. The summed E-state index contributed by atoms with van der Waals surface area (Å²) >= 11 is 3.10. The Hall–Kier alpha value is 0.480. The van der Waals surface area contributed by atoms with Crippen LogP contribution in [0.2, 0.25) is 0 Å². The van der Waals surface area contributed by atoms with Crippen molar-refractivity contribution in [2.45, 2.75) is 19.8 Å². The number of alkyl halides is 1. The van der Waals surface area contributed by atoms with Crippen molar-refractivity contribution >= 4 is 15.9 Å². The first-order chi connectivity index (χ1) is 2.77. The van der Waals surface area contributed by atoms with Gasteiger partial charge >= 0.3 is 0 Å². The van der Waals surface area contributed by atoms with Crippen LogP contribution in [0.1, 0.15) is 21.1 Å². The highest BCUT2D eigenvalue weighted by molar-refractivity contribution is 9.09. The van der Waals surface area contributed by atoms with E-state index in [-0.39, 0.29) is 5.31 Å². The maximum absolute atomic E-state index is 6.89. The minimum atomic E-state index is -0.0394. The molecule has 0 nitrogen and oxygen atoms in total. The van der Waals surface area contributed by atoms with E-state index in [1.165, 1.54) is 0 Å². The summed E-state index contributed by atoms with van der Waals surface area (Å²) in [6, 6.07) is 0. The van der Waals surface area contributed by atoms with Crippen LogP contribution >= 0.6 is 15.9 Å². The van der Waals surface area contributed by atoms with Crippen LogP contribution in [0.25, 0.3) is 0 Å². The van der Waals surface area contributed by atoms with Crippen molar-refractivity contribution in [1.29, 1.82) is 0 Å². The Kier molecular flexibility index (Phi) is 3.28. The van der Waals surface area contributed by atoms with E-state index >= 15 is 0 Å². The Labute approximate surface area is 43.1 Å². The second kappa shape index (κ2) is 4.48. The molecule has 0 aromatic carbocycles. The van der Waals surface area contributed by atoms with Crippen molar-refractivity contribution in [2.24, 2.45) is 0 Å². The summed E-state index contributed by atoms with van der Waals surface area (Å²) in [5.74, 6) is 0. The zero-order valence-electron chi connectivity index (χ0n) is 4.37. The van der Waals surface area contributed by atoms with E-state index in [2.05, 4.69) is 22.9 Å². The maximum Gasteiger partial charge on any atom is 0.0387 e. The molecule has 0 aliphatic heterocycles. The molecular formula is C4H9Br. The molecule has 0 radical (unpaired) electrons. The van der Waals surface area contributed by atoms with Crippen LogP contribution in [0.3, 0.4) is 0 Å². The second-order valence-electron chi connectivity index (χ2n) is 0.943. The van der Waals surface area contributed by atoms with Gasteiger partial charge in [-0.3, -0.25) is 0 Å². The van der Waals surface area contributed by atoms with Gasteiger partial charge in [0.25, 0.3) is 0 Å². The normalized spacial score (nSPS) is 17.6. The van der Waals surface area contributed by atoms with Gasteiger partial charge in [-0.25, -0.2) is 0 Å². The third-order valence-corrected chi connectivity index (χ3v) is 0.856. The molecule has 0 aliphatic carbocycles. The number of rotatable bonds is 2. The molecule has 0 aliphatic rings. The Balaban J connectivity index is 2.63. The van der Waals surface area contributed by atoms with Gasteiger partial charge < -0.3 is 0 Å². The van der Waals surface area contributed by atoms with Crippen molar-refractivity contribution in [3.05, 3.63) is 0 Å². The molecule has 0 N–H and O–H groups in total. The quantitative estimate of drug-likeness (QED) is 0.513. The fraction of sp³-hybridized carbons (Fsp3) is 1.00. The first-order valence-corrected chi connectivity index (χ1v) is 2.75. The summed E-state index contributed by atoms with van der Waals surface area (Å²) in [6.07, 6.45) is 2.05. The standard InChI is InChI=1S/C4H9Br/c1-2-3-4-5/h2-4H2,1H3/i4D/t4-/m1/s1. The average Bonchev–Trinajstić information content (AvgIpc) is 1.35. The van der Waals surface area contributed by atoms with Crippen LogP contribution in [0.5, 0.6) is 0 Å². The molecule has 1 heteroatoms. The molecule has 1 atom stereocenters. The first kappa shape index (κ1) is 3.66. The minimum absolute atomic E-state index is 0.0394. The van der Waals surface area contributed by atoms with Crippen LogP contribution in [0, 0.1) is 0 Å². The van der Waals surface area contributed by atoms with Gasteiger partial charge in [-0.15, -0.1) is 0 Å². The molecule has 32 valence electrons. The van der Waals surface area contributed by atoms with Gasteiger partial charge in [0, 0.05) is 6.68 Å². The smallest absolute Gasteiger partial charge is 0.0387 e. The van der Waals surface area contributed by atoms with E-state index in [4.69, 9.17) is 1.37 Å². The maximum atomic E-state index is 6.89. The van der Waals surface area contributed by atoms with Crippen LogP contribution in [0.4, 0.5) is 0 Å². The fourth-order valence-electron chi connectivity index (χ4n) is 0.109. The lowest BCUT2D eigenvalue weighted by molar-refractivity contribution is 0.902. The topological polar surface area (TPSA) is 0 Å². The summed E-state index contributed by atoms with van der Waals surface area (Å²) in [6.45, 7) is 2.07. The lowest BCUT2D eigenvalue weighted by Gasteiger charge is -1.77. The predicted molar refractivity (Wildman–Crippen MR) is 28.7 cm³/mol. The summed E-state index contributed by atoms with van der Waals surface area (Å²) < 4.78 is 6.89. The van der Waals surface area contributed by atoms with Gasteiger partial charge in [-0.1, -0.05) is 29.3 Å². The summed E-state index contributed by atoms with van der Waals surface area (Å²) in [5, 5.41) is -0.0394. The van der Waals surface area contributed by atoms with E-state index in [1.807, 2.05) is 0 Å². The summed E-state index contributed by atoms with van der Waals surface area (Å²) in [4.78, 5) is 0. The molecule has 0 bridgehead atoms. The number of halogens is 1. The van der Waals surface area contributed by atoms with Gasteiger partial charge in [-0.2, -0.15) is 0 Å². The lowest BCUT2D eigenvalue weighted by atomic mass is 10.4. The molecule has 0 saturated heterocycles. The Morgan fingerprint density at radius 3 is 2.60 bits per heavy atom. The minimum Gasteiger partial charge on any atom is -0.0928 e. The van der Waals surface area contributed by atoms with Gasteiger partial charge in [0.05, 0.1) is 0 Å². The molecule has 0 unspecified atom stereocenters. The largest absolute Gasteiger partial charge is 0.0928 e. The predicted octanol–water partition coefficient (Wildman–Crippen LogP) is 2.18. The number of hydrogen-bond acceptors (Lipinski definition) is 0. The van der Waals surface area contributed by atoms with E-state index in [0.29, 0.717) is 0 Å². The van der Waals surface area contributed by atoms with Crippen LogP contribution in [-0.2, 0) is 0 Å². The zero-order valence-corrected chi connectivity index (χ0v) is 4.96. The van der Waals surface area contributed by atoms with Crippen molar-refractivity contribution in [3.63, 3.8) is 0 Å². The van der Waals surface area contributed by atoms with E-state index in [0.717, 1.165) is 12.8 Å². The Bertz CT molecular complexity index is 28.7. The van der Waals surface area contributed by atoms with Crippen LogP contribution < -0.4 is 0 Å². The Morgan fingerprint density at radius 1 is 2.00 bits per heavy atom. The van der Waals surface area contributed by atoms with Crippen molar-refractivity contribution in [1.82, 2.24) is 0 Å². The summed E-state index contributed by atoms with van der Waals surface area (Å²) in [5.41, 5.74) is 0. The molecule has 0 aromatic rings. The molecule has 0 spiro atoms. The molecule has 0 aromatic heterocycles.